The summed E-state index contributed by atoms with van der Waals surface area (Å²) >= 11 is 1.97. The van der Waals surface area contributed by atoms with Crippen LogP contribution in [0.1, 0.15) is 118 Å². The summed E-state index contributed by atoms with van der Waals surface area (Å²) < 4.78 is 2.74. The number of thiophene rings is 1. The van der Waals surface area contributed by atoms with E-state index in [9.17, 15) is 0 Å². The first-order chi connectivity index (χ1) is 30.0. The Hall–Kier alpha value is -5.58. The fourth-order valence-electron chi connectivity index (χ4n) is 12.6. The Labute approximate surface area is 378 Å². The highest BCUT2D eigenvalue weighted by molar-refractivity contribution is 7.28. The summed E-state index contributed by atoms with van der Waals surface area (Å²) in [5.41, 5.74) is 24.4. The third-order valence-corrected chi connectivity index (χ3v) is 17.5. The third-order valence-electron chi connectivity index (χ3n) is 16.2. The molecule has 2 aliphatic carbocycles. The van der Waals surface area contributed by atoms with E-state index in [1.165, 1.54) is 134 Å². The summed E-state index contributed by atoms with van der Waals surface area (Å²) in [6.45, 7) is 26.7. The van der Waals surface area contributed by atoms with Crippen molar-refractivity contribution in [3.63, 3.8) is 0 Å². The van der Waals surface area contributed by atoms with Gasteiger partial charge in [0.15, 0.2) is 0 Å². The van der Waals surface area contributed by atoms with Gasteiger partial charge in [-0.2, -0.15) is 0 Å². The molecule has 0 bridgehead atoms. The molecule has 0 amide bonds. The van der Waals surface area contributed by atoms with Crippen LogP contribution in [0, 0.1) is 20.8 Å². The van der Waals surface area contributed by atoms with E-state index in [0.29, 0.717) is 0 Å². The van der Waals surface area contributed by atoms with Gasteiger partial charge in [-0.1, -0.05) is 134 Å². The van der Waals surface area contributed by atoms with Gasteiger partial charge in [-0.15, -0.1) is 11.3 Å². The van der Waals surface area contributed by atoms with Crippen LogP contribution in [0.3, 0.4) is 0 Å². The van der Waals surface area contributed by atoms with Crippen molar-refractivity contribution >= 4 is 88.7 Å². The smallest absolute Gasteiger partial charge is 0.254 e. The molecule has 2 nitrogen and oxygen atoms in total. The average molecular weight is 837 g/mol. The molecule has 7 aromatic carbocycles. The molecule has 1 aromatic heterocycles. The van der Waals surface area contributed by atoms with Crippen LogP contribution in [-0.4, -0.2) is 6.71 Å². The summed E-state index contributed by atoms with van der Waals surface area (Å²) in [5, 5.41) is 2.69. The normalized spacial score (nSPS) is 18.0. The molecule has 0 radical (unpaired) electrons. The number of para-hydroxylation sites is 1. The van der Waals surface area contributed by atoms with Crippen molar-refractivity contribution in [2.75, 3.05) is 9.80 Å². The fraction of sp³-hybridized carbons (Fsp3) is 0.288. The minimum absolute atomic E-state index is 0.0172. The van der Waals surface area contributed by atoms with E-state index in [0.717, 1.165) is 0 Å². The lowest BCUT2D eigenvalue weighted by Gasteiger charge is -2.49. The maximum atomic E-state index is 2.72. The molecule has 63 heavy (non-hydrogen) atoms. The van der Waals surface area contributed by atoms with Gasteiger partial charge in [0.25, 0.3) is 6.71 Å². The number of nitrogens with zero attached hydrogens (tertiary/aromatic N) is 2. The number of rotatable bonds is 2. The van der Waals surface area contributed by atoms with Gasteiger partial charge in [0.05, 0.1) is 0 Å². The van der Waals surface area contributed by atoms with E-state index in [2.05, 4.69) is 207 Å². The molecule has 0 saturated carbocycles. The Bertz CT molecular complexity index is 3300. The van der Waals surface area contributed by atoms with Crippen molar-refractivity contribution in [3.8, 4) is 0 Å². The first-order valence-electron chi connectivity index (χ1n) is 23.2. The van der Waals surface area contributed by atoms with E-state index >= 15 is 0 Å². The minimum atomic E-state index is -0.193. The summed E-state index contributed by atoms with van der Waals surface area (Å²) in [4.78, 5) is 5.34. The van der Waals surface area contributed by atoms with Gasteiger partial charge in [-0.25, -0.2) is 0 Å². The van der Waals surface area contributed by atoms with Crippen LogP contribution in [-0.2, 0) is 21.7 Å². The molecule has 0 fully saturated rings. The predicted octanol–water partition coefficient (Wildman–Crippen LogP) is 14.4. The first kappa shape index (κ1) is 39.0. The fourth-order valence-corrected chi connectivity index (χ4v) is 13.9. The van der Waals surface area contributed by atoms with Crippen molar-refractivity contribution < 1.29 is 0 Å². The van der Waals surface area contributed by atoms with E-state index in [-0.39, 0.29) is 28.4 Å². The molecule has 0 unspecified atom stereocenters. The van der Waals surface area contributed by atoms with E-state index < -0.39 is 0 Å². The van der Waals surface area contributed by atoms with Crippen LogP contribution in [0.5, 0.6) is 0 Å². The van der Waals surface area contributed by atoms with Gasteiger partial charge in [-0.05, 0) is 159 Å². The minimum Gasteiger partial charge on any atom is -0.311 e. The second kappa shape index (κ2) is 12.8. The van der Waals surface area contributed by atoms with Gasteiger partial charge < -0.3 is 9.80 Å². The van der Waals surface area contributed by atoms with E-state index in [1.54, 1.807) is 0 Å². The zero-order valence-corrected chi connectivity index (χ0v) is 39.7. The Kier molecular flexibility index (Phi) is 7.93. The molecule has 3 heterocycles. The second-order valence-electron chi connectivity index (χ2n) is 21.8. The first-order valence-corrected chi connectivity index (χ1v) is 24.0. The van der Waals surface area contributed by atoms with Crippen LogP contribution in [0.4, 0.5) is 34.1 Å². The van der Waals surface area contributed by atoms with Crippen molar-refractivity contribution in [1.82, 2.24) is 0 Å². The maximum absolute atomic E-state index is 2.72. The summed E-state index contributed by atoms with van der Waals surface area (Å²) in [6, 6.07) is 47.6. The highest BCUT2D eigenvalue weighted by Crippen LogP contribution is 2.55. The standard InChI is InChI=1S/C59H57BN2S/c1-34-28-50-53-51(29-34)62(48-32-42-41(30-36(48)3)56(4,5)26-27-57(42,6)7)49-33-44-43(58(8,9)39-20-14-15-21-40(39)59(44,10)11)31-45(49)60(53)54-47(61(50)46-22-16-12-18-35(46)2)25-24-38-37-19-13-17-23-52(37)63-55(38)54/h12-25,28-33H,26-27H2,1-11H3. The summed E-state index contributed by atoms with van der Waals surface area (Å²) in [5.74, 6) is 0. The highest BCUT2D eigenvalue weighted by atomic mass is 32.1. The molecule has 4 heteroatoms. The molecule has 12 rings (SSSR count). The Morgan fingerprint density at radius 3 is 1.70 bits per heavy atom. The van der Waals surface area contributed by atoms with Crippen LogP contribution >= 0.6 is 11.3 Å². The van der Waals surface area contributed by atoms with Crippen molar-refractivity contribution in [2.24, 2.45) is 0 Å². The SMILES string of the molecule is Cc1cc2c3c(c1)N(c1ccccc1C)c1ccc4c(sc5ccccc54)c1B3c1cc3c(cc1N2c1cc2c(cc1C)C(C)(C)CCC2(C)C)C(C)(C)c1ccccc1C3(C)C. The average Bonchev–Trinajstić information content (AvgIpc) is 3.64. The Morgan fingerprint density at radius 2 is 1.02 bits per heavy atom. The molecule has 0 saturated heterocycles. The highest BCUT2D eigenvalue weighted by Gasteiger charge is 2.49. The van der Waals surface area contributed by atoms with Crippen LogP contribution in [0.2, 0.25) is 0 Å². The van der Waals surface area contributed by atoms with Gasteiger partial charge in [-0.3, -0.25) is 0 Å². The molecule has 8 aromatic rings. The van der Waals surface area contributed by atoms with Gasteiger partial charge in [0.2, 0.25) is 0 Å². The Morgan fingerprint density at radius 1 is 0.444 bits per heavy atom. The predicted molar refractivity (Wildman–Crippen MR) is 274 cm³/mol. The number of hydrogen-bond donors (Lipinski definition) is 0. The zero-order chi connectivity index (χ0) is 43.7. The van der Waals surface area contributed by atoms with E-state index in [4.69, 9.17) is 0 Å². The lowest BCUT2D eigenvalue weighted by molar-refractivity contribution is 0.332. The molecular weight excluding hydrogens is 780 g/mol. The number of hydrogen-bond acceptors (Lipinski definition) is 3. The summed E-state index contributed by atoms with van der Waals surface area (Å²) in [6.07, 6.45) is 2.38. The summed E-state index contributed by atoms with van der Waals surface area (Å²) in [7, 11) is 0. The largest absolute Gasteiger partial charge is 0.311 e. The quantitative estimate of drug-likeness (QED) is 0.160. The van der Waals surface area contributed by atoms with Crippen LogP contribution in [0.15, 0.2) is 121 Å². The molecule has 0 spiro atoms. The van der Waals surface area contributed by atoms with Gasteiger partial charge in [0.1, 0.15) is 0 Å². The van der Waals surface area contributed by atoms with Gasteiger partial charge >= 0.3 is 0 Å². The number of fused-ring (bicyclic) bond motifs is 11. The second-order valence-corrected chi connectivity index (χ2v) is 22.8. The molecule has 312 valence electrons. The number of benzene rings is 7. The molecule has 4 aliphatic rings. The molecule has 2 aliphatic heterocycles. The lowest BCUT2D eigenvalue weighted by Crippen LogP contribution is -2.62. The molecule has 0 atom stereocenters. The van der Waals surface area contributed by atoms with Crippen LogP contribution < -0.4 is 26.2 Å². The lowest BCUT2D eigenvalue weighted by atomic mass is 9.33. The van der Waals surface area contributed by atoms with Gasteiger partial charge in [0, 0.05) is 59.7 Å². The topological polar surface area (TPSA) is 6.48 Å². The molecular formula is C59H57BN2S. The number of anilines is 6. The van der Waals surface area contributed by atoms with E-state index in [1.807, 2.05) is 11.3 Å². The van der Waals surface area contributed by atoms with Crippen molar-refractivity contribution in [1.29, 1.82) is 0 Å². The monoisotopic (exact) mass is 836 g/mol. The Balaban J connectivity index is 1.26. The third kappa shape index (κ3) is 5.19. The zero-order valence-electron chi connectivity index (χ0n) is 38.8. The maximum Gasteiger partial charge on any atom is 0.254 e. The van der Waals surface area contributed by atoms with Crippen LogP contribution in [0.25, 0.3) is 20.2 Å². The van der Waals surface area contributed by atoms with Crippen molar-refractivity contribution in [2.45, 2.75) is 111 Å². The molecule has 0 N–H and O–H groups in total. The number of aryl methyl sites for hydroxylation is 3. The van der Waals surface area contributed by atoms with Crippen molar-refractivity contribution in [3.05, 3.63) is 171 Å².